The maximum Gasteiger partial charge on any atom is 0.159 e. The van der Waals surface area contributed by atoms with Gasteiger partial charge in [-0.25, -0.2) is 14.6 Å². The van der Waals surface area contributed by atoms with Gasteiger partial charge in [0.1, 0.15) is 11.6 Å². The van der Waals surface area contributed by atoms with Crippen LogP contribution in [0.3, 0.4) is 0 Å². The number of morpholine rings is 1. The summed E-state index contributed by atoms with van der Waals surface area (Å²) in [6, 6.07) is 7.21. The van der Waals surface area contributed by atoms with Crippen molar-refractivity contribution in [1.82, 2.24) is 24.6 Å². The molecule has 3 aliphatic heterocycles. The predicted molar refractivity (Wildman–Crippen MR) is 138 cm³/mol. The zero-order valence-corrected chi connectivity index (χ0v) is 21.3. The van der Waals surface area contributed by atoms with Crippen LogP contribution in [0.5, 0.6) is 0 Å². The number of rotatable bonds is 5. The highest BCUT2D eigenvalue weighted by Gasteiger charge is 2.29. The average Bonchev–Trinajstić information content (AvgIpc) is 3.58. The highest BCUT2D eigenvalue weighted by molar-refractivity contribution is 5.82. The van der Waals surface area contributed by atoms with E-state index in [1.165, 1.54) is 30.4 Å². The van der Waals surface area contributed by atoms with Crippen molar-refractivity contribution in [2.24, 2.45) is 0 Å². The molecule has 2 unspecified atom stereocenters. The Morgan fingerprint density at radius 3 is 2.61 bits per heavy atom. The first-order valence-corrected chi connectivity index (χ1v) is 13.2. The first-order valence-electron chi connectivity index (χ1n) is 13.2. The van der Waals surface area contributed by atoms with Crippen LogP contribution in [0.4, 0.5) is 5.82 Å². The monoisotopic (exact) mass is 492 g/mol. The lowest BCUT2D eigenvalue weighted by molar-refractivity contribution is 0.00335. The number of fused-ring (bicyclic) bond motifs is 1. The number of nitrogens with zero attached hydrogens (tertiary/aromatic N) is 6. The normalized spacial score (nSPS) is 24.1. The van der Waals surface area contributed by atoms with Gasteiger partial charge in [0, 0.05) is 37.2 Å². The van der Waals surface area contributed by atoms with Crippen molar-refractivity contribution in [3.05, 3.63) is 41.3 Å². The minimum atomic E-state index is -0.193. The molecule has 0 spiro atoms. The number of aryl methyl sites for hydroxylation is 2. The Balaban J connectivity index is 1.28. The van der Waals surface area contributed by atoms with Gasteiger partial charge < -0.3 is 19.5 Å². The van der Waals surface area contributed by atoms with E-state index in [0.29, 0.717) is 30.9 Å². The summed E-state index contributed by atoms with van der Waals surface area (Å²) in [6.07, 6.45) is 5.26. The topological polar surface area (TPSA) is 88.8 Å². The number of hydrogen-bond acceptors (Lipinski definition) is 8. The summed E-state index contributed by atoms with van der Waals surface area (Å²) in [6.45, 7) is 10.1. The number of benzene rings is 1. The Morgan fingerprint density at radius 1 is 1.00 bits per heavy atom. The van der Waals surface area contributed by atoms with Crippen molar-refractivity contribution in [1.29, 1.82) is 0 Å². The summed E-state index contributed by atoms with van der Waals surface area (Å²) < 4.78 is 13.2. The molecule has 0 aliphatic carbocycles. The van der Waals surface area contributed by atoms with Crippen molar-refractivity contribution in [3.63, 3.8) is 0 Å². The van der Waals surface area contributed by atoms with Crippen LogP contribution in [-0.4, -0.2) is 94.5 Å². The number of piperidine rings is 1. The first-order chi connectivity index (χ1) is 17.6. The van der Waals surface area contributed by atoms with E-state index in [4.69, 9.17) is 19.6 Å². The average molecular weight is 493 g/mol. The Labute approximate surface area is 212 Å². The zero-order chi connectivity index (χ0) is 24.6. The molecule has 9 heteroatoms. The number of aliphatic hydroxyl groups is 1. The van der Waals surface area contributed by atoms with Gasteiger partial charge in [-0.3, -0.25) is 4.90 Å². The number of likely N-dealkylation sites (tertiary alicyclic amines) is 1. The van der Waals surface area contributed by atoms with Crippen molar-refractivity contribution < 1.29 is 14.6 Å². The van der Waals surface area contributed by atoms with Gasteiger partial charge in [-0.1, -0.05) is 0 Å². The van der Waals surface area contributed by atoms with E-state index >= 15 is 0 Å². The van der Waals surface area contributed by atoms with Crippen molar-refractivity contribution in [3.8, 4) is 5.82 Å². The van der Waals surface area contributed by atoms with Crippen molar-refractivity contribution in [2.75, 3.05) is 57.5 Å². The third kappa shape index (κ3) is 4.61. The van der Waals surface area contributed by atoms with E-state index in [1.807, 2.05) is 23.9 Å². The Bertz CT molecular complexity index is 1220. The van der Waals surface area contributed by atoms with E-state index in [2.05, 4.69) is 33.8 Å². The molecule has 0 saturated carbocycles. The van der Waals surface area contributed by atoms with Gasteiger partial charge in [0.05, 0.1) is 37.6 Å². The lowest BCUT2D eigenvalue weighted by Crippen LogP contribution is -2.44. The quantitative estimate of drug-likeness (QED) is 0.582. The molecular weight excluding hydrogens is 456 g/mol. The van der Waals surface area contributed by atoms with E-state index < -0.39 is 0 Å². The molecule has 3 saturated heterocycles. The predicted octanol–water partition coefficient (Wildman–Crippen LogP) is 2.60. The lowest BCUT2D eigenvalue weighted by atomic mass is 9.86. The molecule has 0 amide bonds. The van der Waals surface area contributed by atoms with Crippen LogP contribution in [0.1, 0.15) is 42.1 Å². The van der Waals surface area contributed by atoms with E-state index in [0.717, 1.165) is 55.4 Å². The zero-order valence-electron chi connectivity index (χ0n) is 21.3. The highest BCUT2D eigenvalue weighted by atomic mass is 16.5. The second-order valence-corrected chi connectivity index (χ2v) is 10.4. The summed E-state index contributed by atoms with van der Waals surface area (Å²) in [7, 11) is 0. The Hall–Kier alpha value is -2.59. The molecule has 0 radical (unpaired) electrons. The van der Waals surface area contributed by atoms with Crippen LogP contribution < -0.4 is 4.90 Å². The molecule has 2 atom stereocenters. The van der Waals surface area contributed by atoms with Gasteiger partial charge in [0.15, 0.2) is 5.82 Å². The molecule has 6 rings (SSSR count). The molecule has 1 N–H and O–H groups in total. The van der Waals surface area contributed by atoms with Crippen LogP contribution in [0, 0.1) is 13.8 Å². The molecule has 3 aromatic rings. The van der Waals surface area contributed by atoms with Crippen molar-refractivity contribution >= 4 is 16.7 Å². The van der Waals surface area contributed by atoms with Gasteiger partial charge in [-0.2, -0.15) is 5.10 Å². The highest BCUT2D eigenvalue weighted by Crippen LogP contribution is 2.34. The molecule has 3 fully saturated rings. The largest absolute Gasteiger partial charge is 0.394 e. The van der Waals surface area contributed by atoms with Crippen molar-refractivity contribution in [2.45, 2.75) is 51.2 Å². The molecular formula is C27H36N6O3. The summed E-state index contributed by atoms with van der Waals surface area (Å²) in [5.41, 5.74) is 3.85. The van der Waals surface area contributed by atoms with Crippen LogP contribution in [0.15, 0.2) is 24.4 Å². The SMILES string of the molecule is Cc1nc(N2CCOC(CO)C2)cc(-n2ncc3cc(C)c(C4CCN(C5CCOC5)CC4)cc32)n1. The number of anilines is 1. The second kappa shape index (κ2) is 10.0. The van der Waals surface area contributed by atoms with Gasteiger partial charge in [0.2, 0.25) is 0 Å². The van der Waals surface area contributed by atoms with E-state index in [1.54, 1.807) is 0 Å². The smallest absolute Gasteiger partial charge is 0.159 e. The third-order valence-electron chi connectivity index (χ3n) is 8.04. The number of ether oxygens (including phenoxy) is 2. The van der Waals surface area contributed by atoms with Gasteiger partial charge >= 0.3 is 0 Å². The van der Waals surface area contributed by atoms with Gasteiger partial charge in [0.25, 0.3) is 0 Å². The number of aliphatic hydroxyl groups excluding tert-OH is 1. The number of aromatic nitrogens is 4. The van der Waals surface area contributed by atoms with Crippen LogP contribution >= 0.6 is 0 Å². The molecule has 192 valence electrons. The maximum absolute atomic E-state index is 9.55. The van der Waals surface area contributed by atoms with Crippen LogP contribution in [0.2, 0.25) is 0 Å². The fourth-order valence-electron chi connectivity index (χ4n) is 6.06. The summed E-state index contributed by atoms with van der Waals surface area (Å²) in [5, 5.41) is 15.4. The van der Waals surface area contributed by atoms with Gasteiger partial charge in [-0.05, 0) is 75.4 Å². The van der Waals surface area contributed by atoms with Gasteiger partial charge in [-0.15, -0.1) is 0 Å². The molecule has 5 heterocycles. The second-order valence-electron chi connectivity index (χ2n) is 10.4. The fourth-order valence-corrected chi connectivity index (χ4v) is 6.06. The Kier molecular flexibility index (Phi) is 6.64. The number of hydrogen-bond donors (Lipinski definition) is 1. The van der Waals surface area contributed by atoms with Crippen LogP contribution in [-0.2, 0) is 9.47 Å². The van der Waals surface area contributed by atoms with Crippen LogP contribution in [0.25, 0.3) is 16.7 Å². The summed E-state index contributed by atoms with van der Waals surface area (Å²) in [5.74, 6) is 2.88. The lowest BCUT2D eigenvalue weighted by Gasteiger charge is -2.36. The van der Waals surface area contributed by atoms with E-state index in [9.17, 15) is 5.11 Å². The molecule has 3 aliphatic rings. The molecule has 2 aromatic heterocycles. The minimum absolute atomic E-state index is 0.00665. The maximum atomic E-state index is 9.55. The molecule has 9 nitrogen and oxygen atoms in total. The molecule has 1 aromatic carbocycles. The molecule has 0 bridgehead atoms. The standard InChI is InChI=1S/C27H36N6O3/c1-18-11-21-14-28-33(27-13-26(29-19(2)30-27)32-8-10-36-23(15-32)16-34)25(21)12-24(18)20-3-6-31(7-4-20)22-5-9-35-17-22/h11-14,20,22-23,34H,3-10,15-17H2,1-2H3. The fraction of sp³-hybridized carbons (Fsp3) is 0.593. The van der Waals surface area contributed by atoms with E-state index in [-0.39, 0.29) is 12.7 Å². The first kappa shape index (κ1) is 23.8. The minimum Gasteiger partial charge on any atom is -0.394 e. The summed E-state index contributed by atoms with van der Waals surface area (Å²) in [4.78, 5) is 14.2. The Morgan fingerprint density at radius 2 is 1.83 bits per heavy atom. The summed E-state index contributed by atoms with van der Waals surface area (Å²) >= 11 is 0. The molecule has 36 heavy (non-hydrogen) atoms. The third-order valence-corrected chi connectivity index (χ3v) is 8.04.